The van der Waals surface area contributed by atoms with Gasteiger partial charge in [-0.2, -0.15) is 11.8 Å². The van der Waals surface area contributed by atoms with Crippen LogP contribution in [0.25, 0.3) is 0 Å². The van der Waals surface area contributed by atoms with Gasteiger partial charge in [0.05, 0.1) is 0 Å². The van der Waals surface area contributed by atoms with Crippen molar-refractivity contribution in [2.75, 3.05) is 31.1 Å². The van der Waals surface area contributed by atoms with Gasteiger partial charge in [-0.1, -0.05) is 19.3 Å². The second-order valence-corrected chi connectivity index (χ2v) is 8.54. The van der Waals surface area contributed by atoms with Crippen molar-refractivity contribution in [3.8, 4) is 0 Å². The smallest absolute Gasteiger partial charge is 0.0283 e. The first kappa shape index (κ1) is 13.9. The molecule has 4 rings (SSSR count). The van der Waals surface area contributed by atoms with Gasteiger partial charge in [-0.3, -0.25) is 9.80 Å². The molecule has 20 heavy (non-hydrogen) atoms. The van der Waals surface area contributed by atoms with Gasteiger partial charge < -0.3 is 0 Å². The maximum Gasteiger partial charge on any atom is 0.0283 e. The zero-order valence-electron chi connectivity index (χ0n) is 12.8. The van der Waals surface area contributed by atoms with E-state index in [-0.39, 0.29) is 0 Å². The summed E-state index contributed by atoms with van der Waals surface area (Å²) in [6.45, 7) is 4.11. The Balaban J connectivity index is 1.55. The van der Waals surface area contributed by atoms with E-state index in [0.717, 1.165) is 24.0 Å². The van der Waals surface area contributed by atoms with Crippen molar-refractivity contribution in [1.82, 2.24) is 9.80 Å². The van der Waals surface area contributed by atoms with Crippen molar-refractivity contribution >= 4 is 11.8 Å². The largest absolute Gasteiger partial charge is 0.298 e. The molecule has 3 saturated heterocycles. The van der Waals surface area contributed by atoms with Gasteiger partial charge >= 0.3 is 0 Å². The molecule has 4 aliphatic rings. The standard InChI is InChI=1S/C17H30N2S/c1-2-5-14(6-3-1)17-16-7-4-9-18(16)10-11-19(17)15-8-12-20-13-15/h14-17H,1-13H2/t15-,16+,17-/m1/s1. The SMILES string of the molecule is C1CCC([C@@H]2[C@@H]3CCCN3CCN2[C@@H]2CCSC2)CC1. The molecule has 114 valence electrons. The summed E-state index contributed by atoms with van der Waals surface area (Å²) < 4.78 is 0. The molecule has 4 fully saturated rings. The Morgan fingerprint density at radius 2 is 1.70 bits per heavy atom. The van der Waals surface area contributed by atoms with Crippen LogP contribution in [0.3, 0.4) is 0 Å². The third-order valence-electron chi connectivity index (χ3n) is 6.34. The summed E-state index contributed by atoms with van der Waals surface area (Å²) in [6, 6.07) is 2.74. The Labute approximate surface area is 128 Å². The van der Waals surface area contributed by atoms with Crippen molar-refractivity contribution in [3.63, 3.8) is 0 Å². The van der Waals surface area contributed by atoms with Crippen LogP contribution in [0.5, 0.6) is 0 Å². The van der Waals surface area contributed by atoms with E-state index in [1.807, 2.05) is 0 Å². The average molecular weight is 295 g/mol. The maximum absolute atomic E-state index is 3.00. The molecule has 0 radical (unpaired) electrons. The molecule has 2 nitrogen and oxygen atoms in total. The van der Waals surface area contributed by atoms with Crippen LogP contribution in [-0.4, -0.2) is 59.1 Å². The number of piperazine rings is 1. The molecule has 0 unspecified atom stereocenters. The fourth-order valence-electron chi connectivity index (χ4n) is 5.40. The normalized spacial score (nSPS) is 41.1. The van der Waals surface area contributed by atoms with Crippen molar-refractivity contribution < 1.29 is 0 Å². The molecule has 0 aromatic carbocycles. The van der Waals surface area contributed by atoms with Gasteiger partial charge in [0.15, 0.2) is 0 Å². The molecular formula is C17H30N2S. The van der Waals surface area contributed by atoms with E-state index in [1.165, 1.54) is 82.5 Å². The molecule has 3 heterocycles. The van der Waals surface area contributed by atoms with Gasteiger partial charge in [0, 0.05) is 37.0 Å². The molecule has 0 spiro atoms. The minimum absolute atomic E-state index is 0.912. The van der Waals surface area contributed by atoms with Crippen LogP contribution >= 0.6 is 11.8 Å². The van der Waals surface area contributed by atoms with E-state index < -0.39 is 0 Å². The van der Waals surface area contributed by atoms with Crippen LogP contribution in [0, 0.1) is 5.92 Å². The predicted molar refractivity (Wildman–Crippen MR) is 87.4 cm³/mol. The minimum atomic E-state index is 0.912. The lowest BCUT2D eigenvalue weighted by molar-refractivity contribution is -0.0185. The molecule has 0 bridgehead atoms. The first-order valence-corrected chi connectivity index (χ1v) is 10.2. The topological polar surface area (TPSA) is 6.48 Å². The molecule has 0 aromatic heterocycles. The van der Waals surface area contributed by atoms with Crippen molar-refractivity contribution in [3.05, 3.63) is 0 Å². The minimum Gasteiger partial charge on any atom is -0.298 e. The van der Waals surface area contributed by atoms with E-state index in [4.69, 9.17) is 0 Å². The van der Waals surface area contributed by atoms with Crippen LogP contribution in [0.4, 0.5) is 0 Å². The second kappa shape index (κ2) is 6.18. The van der Waals surface area contributed by atoms with Gasteiger partial charge in [0.1, 0.15) is 0 Å². The van der Waals surface area contributed by atoms with Gasteiger partial charge in [-0.25, -0.2) is 0 Å². The summed E-state index contributed by atoms with van der Waals surface area (Å²) in [5, 5.41) is 0. The van der Waals surface area contributed by atoms with Gasteiger partial charge in [-0.05, 0) is 50.3 Å². The predicted octanol–water partition coefficient (Wildman–Crippen LogP) is 3.22. The summed E-state index contributed by atoms with van der Waals surface area (Å²) in [6.07, 6.45) is 11.9. The lowest BCUT2D eigenvalue weighted by atomic mass is 9.78. The molecule has 0 aromatic rings. The summed E-state index contributed by atoms with van der Waals surface area (Å²) in [7, 11) is 0. The first-order valence-electron chi connectivity index (χ1n) is 9.01. The van der Waals surface area contributed by atoms with Crippen molar-refractivity contribution in [2.24, 2.45) is 5.92 Å². The molecular weight excluding hydrogens is 264 g/mol. The highest BCUT2D eigenvalue weighted by molar-refractivity contribution is 7.99. The third-order valence-corrected chi connectivity index (χ3v) is 7.49. The molecule has 0 amide bonds. The summed E-state index contributed by atoms with van der Waals surface area (Å²) in [5.41, 5.74) is 0. The highest BCUT2D eigenvalue weighted by Gasteiger charge is 2.45. The van der Waals surface area contributed by atoms with E-state index in [2.05, 4.69) is 21.6 Å². The number of hydrogen-bond acceptors (Lipinski definition) is 3. The van der Waals surface area contributed by atoms with Crippen molar-refractivity contribution in [1.29, 1.82) is 0 Å². The highest BCUT2D eigenvalue weighted by Crippen LogP contribution is 2.39. The van der Waals surface area contributed by atoms with Crippen molar-refractivity contribution in [2.45, 2.75) is 69.5 Å². The lowest BCUT2D eigenvalue weighted by Gasteiger charge is -2.51. The van der Waals surface area contributed by atoms with E-state index in [1.54, 1.807) is 0 Å². The van der Waals surface area contributed by atoms with Crippen LogP contribution in [-0.2, 0) is 0 Å². The number of rotatable bonds is 2. The molecule has 1 aliphatic carbocycles. The van der Waals surface area contributed by atoms with E-state index in [0.29, 0.717) is 0 Å². The summed E-state index contributed by atoms with van der Waals surface area (Å²) >= 11 is 2.19. The number of thioether (sulfide) groups is 1. The highest BCUT2D eigenvalue weighted by atomic mass is 32.2. The van der Waals surface area contributed by atoms with Crippen LogP contribution in [0.1, 0.15) is 51.4 Å². The Kier molecular flexibility index (Phi) is 4.29. The quantitative estimate of drug-likeness (QED) is 0.772. The number of hydrogen-bond donors (Lipinski definition) is 0. The third kappa shape index (κ3) is 2.55. The Bertz CT molecular complexity index is 323. The number of nitrogens with zero attached hydrogens (tertiary/aromatic N) is 2. The molecule has 3 aliphatic heterocycles. The van der Waals surface area contributed by atoms with Gasteiger partial charge in [0.2, 0.25) is 0 Å². The summed E-state index contributed by atoms with van der Waals surface area (Å²) in [4.78, 5) is 5.85. The Morgan fingerprint density at radius 3 is 2.50 bits per heavy atom. The van der Waals surface area contributed by atoms with E-state index >= 15 is 0 Å². The molecule has 3 heteroatoms. The maximum atomic E-state index is 3.00. The summed E-state index contributed by atoms with van der Waals surface area (Å²) in [5.74, 6) is 3.84. The molecule has 0 N–H and O–H groups in total. The van der Waals surface area contributed by atoms with Gasteiger partial charge in [-0.15, -0.1) is 0 Å². The molecule has 3 atom stereocenters. The fraction of sp³-hybridized carbons (Fsp3) is 1.00. The monoisotopic (exact) mass is 294 g/mol. The van der Waals surface area contributed by atoms with E-state index in [9.17, 15) is 0 Å². The molecule has 1 saturated carbocycles. The van der Waals surface area contributed by atoms with Crippen LogP contribution < -0.4 is 0 Å². The van der Waals surface area contributed by atoms with Crippen LogP contribution in [0.15, 0.2) is 0 Å². The average Bonchev–Trinajstić information content (AvgIpc) is 3.18. The Hall–Kier alpha value is 0.270. The van der Waals surface area contributed by atoms with Gasteiger partial charge in [0.25, 0.3) is 0 Å². The second-order valence-electron chi connectivity index (χ2n) is 7.39. The Morgan fingerprint density at radius 1 is 0.800 bits per heavy atom. The number of fused-ring (bicyclic) bond motifs is 1. The zero-order chi connectivity index (χ0) is 13.4. The zero-order valence-corrected chi connectivity index (χ0v) is 13.6. The lowest BCUT2D eigenvalue weighted by Crippen LogP contribution is -2.62. The van der Waals surface area contributed by atoms with Crippen LogP contribution in [0.2, 0.25) is 0 Å². The fourth-order valence-corrected chi connectivity index (χ4v) is 6.64. The first-order chi connectivity index (χ1) is 9.93.